The molecule has 11 heavy (non-hydrogen) atoms. The van der Waals surface area contributed by atoms with Gasteiger partial charge in [-0.05, 0) is 13.3 Å². The van der Waals surface area contributed by atoms with Crippen molar-refractivity contribution in [1.29, 1.82) is 0 Å². The van der Waals surface area contributed by atoms with Crippen LogP contribution in [-0.2, 0) is 9.47 Å². The van der Waals surface area contributed by atoms with E-state index in [-0.39, 0.29) is 0 Å². The maximum atomic E-state index is 5.59. The first-order valence-corrected chi connectivity index (χ1v) is 4.52. The van der Waals surface area contributed by atoms with Crippen molar-refractivity contribution < 1.29 is 9.47 Å². The molecule has 2 heteroatoms. The zero-order chi connectivity index (χ0) is 8.27. The molecule has 0 saturated carbocycles. The molecule has 1 aliphatic rings. The van der Waals surface area contributed by atoms with Gasteiger partial charge in [0, 0.05) is 12.5 Å². The summed E-state index contributed by atoms with van der Waals surface area (Å²) < 4.78 is 11.1. The summed E-state index contributed by atoms with van der Waals surface area (Å²) in [6.07, 6.45) is 1.74. The zero-order valence-corrected chi connectivity index (χ0v) is 7.67. The first-order chi connectivity index (χ1) is 5.29. The lowest BCUT2D eigenvalue weighted by Gasteiger charge is -2.19. The summed E-state index contributed by atoms with van der Waals surface area (Å²) in [5.41, 5.74) is 0. The second-order valence-electron chi connectivity index (χ2n) is 3.18. The van der Waals surface area contributed by atoms with Crippen LogP contribution in [0.1, 0.15) is 27.2 Å². The van der Waals surface area contributed by atoms with Crippen LogP contribution >= 0.6 is 0 Å². The van der Waals surface area contributed by atoms with Crippen molar-refractivity contribution in [3.8, 4) is 0 Å². The van der Waals surface area contributed by atoms with Crippen molar-refractivity contribution in [1.82, 2.24) is 0 Å². The van der Waals surface area contributed by atoms with Crippen molar-refractivity contribution in [2.24, 2.45) is 5.92 Å². The first-order valence-electron chi connectivity index (χ1n) is 4.52. The minimum Gasteiger partial charge on any atom is -0.375 e. The van der Waals surface area contributed by atoms with Gasteiger partial charge in [0.1, 0.15) is 0 Å². The Morgan fingerprint density at radius 1 is 1.45 bits per heavy atom. The normalized spacial score (nSPS) is 37.9. The van der Waals surface area contributed by atoms with E-state index in [2.05, 4.69) is 13.8 Å². The molecule has 0 aliphatic carbocycles. The Bertz CT molecular complexity index is 114. The monoisotopic (exact) mass is 158 g/mol. The van der Waals surface area contributed by atoms with Gasteiger partial charge in [-0.25, -0.2) is 0 Å². The van der Waals surface area contributed by atoms with Gasteiger partial charge in [0.2, 0.25) is 0 Å². The third-order valence-corrected chi connectivity index (χ3v) is 2.26. The van der Waals surface area contributed by atoms with E-state index in [1.54, 1.807) is 0 Å². The fourth-order valence-electron chi connectivity index (χ4n) is 1.65. The molecule has 0 aromatic carbocycles. The largest absolute Gasteiger partial charge is 0.375 e. The number of ether oxygens (including phenoxy) is 2. The van der Waals surface area contributed by atoms with Crippen LogP contribution in [0.4, 0.5) is 0 Å². The van der Waals surface area contributed by atoms with Gasteiger partial charge in [0.15, 0.2) is 0 Å². The summed E-state index contributed by atoms with van der Waals surface area (Å²) in [6, 6.07) is 0. The van der Waals surface area contributed by atoms with Gasteiger partial charge in [-0.2, -0.15) is 0 Å². The molecule has 0 radical (unpaired) electrons. The smallest absolute Gasteiger partial charge is 0.0883 e. The van der Waals surface area contributed by atoms with E-state index < -0.39 is 0 Å². The molecule has 2 unspecified atom stereocenters. The maximum absolute atomic E-state index is 5.59. The Morgan fingerprint density at radius 3 is 2.73 bits per heavy atom. The van der Waals surface area contributed by atoms with E-state index in [1.165, 1.54) is 0 Å². The van der Waals surface area contributed by atoms with E-state index in [0.29, 0.717) is 18.1 Å². The van der Waals surface area contributed by atoms with E-state index in [1.807, 2.05) is 6.92 Å². The molecular weight excluding hydrogens is 140 g/mol. The van der Waals surface area contributed by atoms with Gasteiger partial charge in [-0.1, -0.05) is 13.8 Å². The highest BCUT2D eigenvalue weighted by atomic mass is 16.6. The van der Waals surface area contributed by atoms with Crippen molar-refractivity contribution >= 4 is 0 Å². The Balaban J connectivity index is 2.42. The highest BCUT2D eigenvalue weighted by Gasteiger charge is 2.33. The standard InChI is InChI=1S/C9H18O2/c1-4-8-9(10-5-2)7(3)6-11-8/h7-9H,4-6H2,1-3H3/t7-,8?,9?/m1/s1. The van der Waals surface area contributed by atoms with Crippen LogP contribution in [0.5, 0.6) is 0 Å². The molecule has 1 heterocycles. The van der Waals surface area contributed by atoms with Gasteiger partial charge in [-0.3, -0.25) is 0 Å². The Kier molecular flexibility index (Phi) is 3.34. The third kappa shape index (κ3) is 1.94. The lowest BCUT2D eigenvalue weighted by molar-refractivity contribution is -0.0125. The molecule has 66 valence electrons. The summed E-state index contributed by atoms with van der Waals surface area (Å²) in [7, 11) is 0. The fraction of sp³-hybridized carbons (Fsp3) is 1.00. The fourth-order valence-corrected chi connectivity index (χ4v) is 1.65. The van der Waals surface area contributed by atoms with Crippen LogP contribution in [0.3, 0.4) is 0 Å². The third-order valence-electron chi connectivity index (χ3n) is 2.26. The number of hydrogen-bond acceptors (Lipinski definition) is 2. The van der Waals surface area contributed by atoms with Crippen LogP contribution in [0.15, 0.2) is 0 Å². The van der Waals surface area contributed by atoms with E-state index >= 15 is 0 Å². The molecular formula is C9H18O2. The maximum Gasteiger partial charge on any atom is 0.0883 e. The molecule has 1 saturated heterocycles. The van der Waals surface area contributed by atoms with Crippen LogP contribution in [0, 0.1) is 5.92 Å². The zero-order valence-electron chi connectivity index (χ0n) is 7.67. The highest BCUT2D eigenvalue weighted by molar-refractivity contribution is 4.81. The summed E-state index contributed by atoms with van der Waals surface area (Å²) >= 11 is 0. The molecule has 3 atom stereocenters. The second-order valence-corrected chi connectivity index (χ2v) is 3.18. The highest BCUT2D eigenvalue weighted by Crippen LogP contribution is 2.24. The lowest BCUT2D eigenvalue weighted by Crippen LogP contribution is -2.28. The first kappa shape index (κ1) is 9.01. The predicted octanol–water partition coefficient (Wildman–Crippen LogP) is 1.84. The molecule has 0 aromatic heterocycles. The van der Waals surface area contributed by atoms with Crippen molar-refractivity contribution in [3.63, 3.8) is 0 Å². The van der Waals surface area contributed by atoms with Crippen LogP contribution in [-0.4, -0.2) is 25.4 Å². The lowest BCUT2D eigenvalue weighted by atomic mass is 10.0. The van der Waals surface area contributed by atoms with Crippen LogP contribution in [0.2, 0.25) is 0 Å². The SMILES string of the molecule is CCOC1C(CC)OC[C@H]1C. The Morgan fingerprint density at radius 2 is 2.18 bits per heavy atom. The Labute approximate surface area is 68.9 Å². The van der Waals surface area contributed by atoms with Crippen molar-refractivity contribution in [2.75, 3.05) is 13.2 Å². The average Bonchev–Trinajstić information content (AvgIpc) is 2.34. The average molecular weight is 158 g/mol. The molecule has 0 bridgehead atoms. The molecule has 0 N–H and O–H groups in total. The number of hydrogen-bond donors (Lipinski definition) is 0. The molecule has 1 aliphatic heterocycles. The molecule has 1 rings (SSSR count). The summed E-state index contributed by atoms with van der Waals surface area (Å²) in [6.45, 7) is 8.04. The topological polar surface area (TPSA) is 18.5 Å². The van der Waals surface area contributed by atoms with Gasteiger partial charge in [0.05, 0.1) is 18.8 Å². The quantitative estimate of drug-likeness (QED) is 0.624. The molecule has 0 amide bonds. The molecule has 0 aromatic rings. The van der Waals surface area contributed by atoms with Crippen molar-refractivity contribution in [3.05, 3.63) is 0 Å². The molecule has 1 fully saturated rings. The summed E-state index contributed by atoms with van der Waals surface area (Å²) in [4.78, 5) is 0. The summed E-state index contributed by atoms with van der Waals surface area (Å²) in [5.74, 6) is 0.569. The minimum atomic E-state index is 0.338. The van der Waals surface area contributed by atoms with Crippen molar-refractivity contribution in [2.45, 2.75) is 39.4 Å². The van der Waals surface area contributed by atoms with E-state index in [4.69, 9.17) is 9.47 Å². The van der Waals surface area contributed by atoms with Gasteiger partial charge >= 0.3 is 0 Å². The second kappa shape index (κ2) is 4.07. The number of rotatable bonds is 3. The van der Waals surface area contributed by atoms with Crippen LogP contribution in [0.25, 0.3) is 0 Å². The van der Waals surface area contributed by atoms with Crippen LogP contribution < -0.4 is 0 Å². The Hall–Kier alpha value is -0.0800. The molecule has 0 spiro atoms. The predicted molar refractivity (Wildman–Crippen MR) is 44.6 cm³/mol. The summed E-state index contributed by atoms with van der Waals surface area (Å²) in [5, 5.41) is 0. The van der Waals surface area contributed by atoms with Gasteiger partial charge < -0.3 is 9.47 Å². The molecule has 2 nitrogen and oxygen atoms in total. The van der Waals surface area contributed by atoms with E-state index in [9.17, 15) is 0 Å². The van der Waals surface area contributed by atoms with Gasteiger partial charge in [-0.15, -0.1) is 0 Å². The van der Waals surface area contributed by atoms with Gasteiger partial charge in [0.25, 0.3) is 0 Å². The minimum absolute atomic E-state index is 0.338. The van der Waals surface area contributed by atoms with E-state index in [0.717, 1.165) is 19.6 Å².